The number of anilines is 1. The zero-order valence-corrected chi connectivity index (χ0v) is 13.3. The molecular formula is C18H30N2. The van der Waals surface area contributed by atoms with Gasteiger partial charge in [-0.3, -0.25) is 0 Å². The molecule has 2 heteroatoms. The molecule has 0 aliphatic heterocycles. The summed E-state index contributed by atoms with van der Waals surface area (Å²) in [6.07, 6.45) is 6.94. The Morgan fingerprint density at radius 1 is 1.15 bits per heavy atom. The van der Waals surface area contributed by atoms with Crippen molar-refractivity contribution in [2.75, 3.05) is 18.8 Å². The Hall–Kier alpha value is -1.02. The number of hydrogen-bond acceptors (Lipinski definition) is 2. The highest BCUT2D eigenvalue weighted by atomic mass is 14.9. The zero-order chi connectivity index (χ0) is 14.6. The van der Waals surface area contributed by atoms with Gasteiger partial charge in [-0.1, -0.05) is 45.7 Å². The van der Waals surface area contributed by atoms with Crippen LogP contribution in [0.3, 0.4) is 0 Å². The predicted octanol–water partition coefficient (Wildman–Crippen LogP) is 4.11. The molecule has 0 amide bonds. The van der Waals surface area contributed by atoms with Gasteiger partial charge in [-0.2, -0.15) is 0 Å². The van der Waals surface area contributed by atoms with Gasteiger partial charge in [0.25, 0.3) is 0 Å². The molecule has 1 fully saturated rings. The van der Waals surface area contributed by atoms with E-state index in [1.165, 1.54) is 44.2 Å². The van der Waals surface area contributed by atoms with E-state index in [-0.39, 0.29) is 5.41 Å². The Kier molecular flexibility index (Phi) is 4.74. The van der Waals surface area contributed by atoms with Crippen LogP contribution in [0.4, 0.5) is 5.69 Å². The Balaban J connectivity index is 1.90. The Morgan fingerprint density at radius 2 is 1.75 bits per heavy atom. The van der Waals surface area contributed by atoms with Crippen LogP contribution in [-0.4, -0.2) is 13.1 Å². The maximum absolute atomic E-state index is 5.77. The first-order chi connectivity index (χ1) is 9.47. The van der Waals surface area contributed by atoms with Gasteiger partial charge in [0.1, 0.15) is 0 Å². The van der Waals surface area contributed by atoms with E-state index < -0.39 is 0 Å². The highest BCUT2D eigenvalue weighted by Gasteiger charge is 2.32. The highest BCUT2D eigenvalue weighted by Crippen LogP contribution is 2.40. The highest BCUT2D eigenvalue weighted by molar-refractivity contribution is 5.41. The van der Waals surface area contributed by atoms with Gasteiger partial charge >= 0.3 is 0 Å². The van der Waals surface area contributed by atoms with Crippen LogP contribution in [0.2, 0.25) is 0 Å². The Labute approximate surface area is 124 Å². The monoisotopic (exact) mass is 274 g/mol. The minimum absolute atomic E-state index is 0.154. The second-order valence-corrected chi connectivity index (χ2v) is 7.17. The van der Waals surface area contributed by atoms with Crippen molar-refractivity contribution in [3.63, 3.8) is 0 Å². The van der Waals surface area contributed by atoms with Gasteiger partial charge in [0.15, 0.2) is 0 Å². The van der Waals surface area contributed by atoms with E-state index in [1.807, 2.05) is 12.1 Å². The van der Waals surface area contributed by atoms with E-state index in [2.05, 4.69) is 38.2 Å². The lowest BCUT2D eigenvalue weighted by Gasteiger charge is -2.32. The van der Waals surface area contributed by atoms with Crippen LogP contribution >= 0.6 is 0 Å². The van der Waals surface area contributed by atoms with E-state index >= 15 is 0 Å². The lowest BCUT2D eigenvalue weighted by Crippen LogP contribution is -2.39. The van der Waals surface area contributed by atoms with Crippen molar-refractivity contribution < 1.29 is 0 Å². The van der Waals surface area contributed by atoms with Crippen LogP contribution in [0, 0.1) is 5.41 Å². The van der Waals surface area contributed by atoms with Gasteiger partial charge in [-0.05, 0) is 42.4 Å². The standard InChI is InChI=1S/C18H30N2/c1-4-18(11-5-6-12-18)14-20-13-17(2,3)15-7-9-16(19)10-8-15/h7-10,20H,4-6,11-14,19H2,1-3H3. The molecule has 0 spiro atoms. The summed E-state index contributed by atoms with van der Waals surface area (Å²) >= 11 is 0. The summed E-state index contributed by atoms with van der Waals surface area (Å²) in [5.41, 5.74) is 8.69. The van der Waals surface area contributed by atoms with Gasteiger partial charge in [0.05, 0.1) is 0 Å². The fourth-order valence-electron chi connectivity index (χ4n) is 3.46. The third kappa shape index (κ3) is 3.54. The first kappa shape index (κ1) is 15.4. The number of nitrogens with one attached hydrogen (secondary N) is 1. The van der Waals surface area contributed by atoms with Crippen molar-refractivity contribution in [1.82, 2.24) is 5.32 Å². The number of nitrogens with two attached hydrogens (primary N) is 1. The van der Waals surface area contributed by atoms with Gasteiger partial charge in [-0.15, -0.1) is 0 Å². The minimum atomic E-state index is 0.154. The van der Waals surface area contributed by atoms with Gasteiger partial charge in [0.2, 0.25) is 0 Å². The lowest BCUT2D eigenvalue weighted by atomic mass is 9.81. The van der Waals surface area contributed by atoms with Crippen molar-refractivity contribution >= 4 is 5.69 Å². The predicted molar refractivity (Wildman–Crippen MR) is 87.9 cm³/mol. The molecule has 0 saturated heterocycles. The summed E-state index contributed by atoms with van der Waals surface area (Å²) in [5.74, 6) is 0. The molecule has 0 heterocycles. The molecule has 3 N–H and O–H groups in total. The molecule has 1 aliphatic rings. The van der Waals surface area contributed by atoms with Crippen molar-refractivity contribution in [2.45, 2.75) is 58.3 Å². The van der Waals surface area contributed by atoms with Gasteiger partial charge < -0.3 is 11.1 Å². The summed E-state index contributed by atoms with van der Waals surface area (Å²) in [5, 5.41) is 3.74. The van der Waals surface area contributed by atoms with Crippen molar-refractivity contribution in [1.29, 1.82) is 0 Å². The molecule has 0 atom stereocenters. The van der Waals surface area contributed by atoms with Crippen LogP contribution in [-0.2, 0) is 5.41 Å². The van der Waals surface area contributed by atoms with E-state index in [1.54, 1.807) is 0 Å². The summed E-state index contributed by atoms with van der Waals surface area (Å²) in [4.78, 5) is 0. The lowest BCUT2D eigenvalue weighted by molar-refractivity contribution is 0.260. The number of rotatable bonds is 6. The van der Waals surface area contributed by atoms with Crippen LogP contribution < -0.4 is 11.1 Å². The molecule has 1 aromatic carbocycles. The van der Waals surface area contributed by atoms with Crippen molar-refractivity contribution in [2.24, 2.45) is 5.41 Å². The molecule has 0 radical (unpaired) electrons. The fraction of sp³-hybridized carbons (Fsp3) is 0.667. The molecule has 0 unspecified atom stereocenters. The van der Waals surface area contributed by atoms with Gasteiger partial charge in [-0.25, -0.2) is 0 Å². The molecule has 1 saturated carbocycles. The summed E-state index contributed by atoms with van der Waals surface area (Å²) in [6, 6.07) is 8.31. The number of nitrogen functional groups attached to an aromatic ring is 1. The largest absolute Gasteiger partial charge is 0.399 e. The number of benzene rings is 1. The topological polar surface area (TPSA) is 38.0 Å². The van der Waals surface area contributed by atoms with Gasteiger partial charge in [0, 0.05) is 24.2 Å². The van der Waals surface area contributed by atoms with Crippen LogP contribution in [0.15, 0.2) is 24.3 Å². The molecule has 1 aromatic rings. The molecule has 112 valence electrons. The van der Waals surface area contributed by atoms with Crippen molar-refractivity contribution in [3.8, 4) is 0 Å². The van der Waals surface area contributed by atoms with Crippen LogP contribution in [0.1, 0.15) is 58.4 Å². The van der Waals surface area contributed by atoms with Crippen molar-refractivity contribution in [3.05, 3.63) is 29.8 Å². The Bertz CT molecular complexity index is 414. The summed E-state index contributed by atoms with van der Waals surface area (Å²) in [6.45, 7) is 9.15. The van der Waals surface area contributed by atoms with Crippen LogP contribution in [0.25, 0.3) is 0 Å². The van der Waals surface area contributed by atoms with E-state index in [4.69, 9.17) is 5.73 Å². The third-order valence-electron chi connectivity index (χ3n) is 5.17. The normalized spacial score (nSPS) is 18.4. The van der Waals surface area contributed by atoms with E-state index in [9.17, 15) is 0 Å². The average Bonchev–Trinajstić information content (AvgIpc) is 2.88. The molecule has 0 bridgehead atoms. The molecule has 1 aliphatic carbocycles. The molecule has 20 heavy (non-hydrogen) atoms. The summed E-state index contributed by atoms with van der Waals surface area (Å²) < 4.78 is 0. The maximum Gasteiger partial charge on any atom is 0.0314 e. The fourth-order valence-corrected chi connectivity index (χ4v) is 3.46. The molecular weight excluding hydrogens is 244 g/mol. The second kappa shape index (κ2) is 6.17. The minimum Gasteiger partial charge on any atom is -0.399 e. The van der Waals surface area contributed by atoms with E-state index in [0.717, 1.165) is 12.2 Å². The average molecular weight is 274 g/mol. The second-order valence-electron chi connectivity index (χ2n) is 7.17. The van der Waals surface area contributed by atoms with Crippen LogP contribution in [0.5, 0.6) is 0 Å². The molecule has 2 nitrogen and oxygen atoms in total. The zero-order valence-electron chi connectivity index (χ0n) is 13.3. The number of hydrogen-bond donors (Lipinski definition) is 2. The van der Waals surface area contributed by atoms with E-state index in [0.29, 0.717) is 5.41 Å². The summed E-state index contributed by atoms with van der Waals surface area (Å²) in [7, 11) is 0. The smallest absolute Gasteiger partial charge is 0.0314 e. The first-order valence-electron chi connectivity index (χ1n) is 8.04. The molecule has 0 aromatic heterocycles. The molecule has 2 rings (SSSR count). The quantitative estimate of drug-likeness (QED) is 0.766. The maximum atomic E-state index is 5.77. The third-order valence-corrected chi connectivity index (χ3v) is 5.17. The Morgan fingerprint density at radius 3 is 2.30 bits per heavy atom. The SMILES string of the molecule is CCC1(CNCC(C)(C)c2ccc(N)cc2)CCCC1. The first-order valence-corrected chi connectivity index (χ1v) is 8.04.